The molecule has 3 aliphatic heterocycles. The number of aliphatic hydroxyl groups excluding tert-OH is 1. The summed E-state index contributed by atoms with van der Waals surface area (Å²) >= 11 is 0. The Balaban J connectivity index is 1.40. The lowest BCUT2D eigenvalue weighted by atomic mass is 9.72. The lowest BCUT2D eigenvalue weighted by Gasteiger charge is -2.29. The molecule has 13 heteroatoms. The number of nitrogens with zero attached hydrogens (tertiary/aromatic N) is 2. The molecule has 0 radical (unpaired) electrons. The van der Waals surface area contributed by atoms with Crippen LogP contribution in [0, 0.1) is 11.8 Å². The first-order valence-corrected chi connectivity index (χ1v) is 17.6. The number of carbonyl (C=O) groups is 3. The van der Waals surface area contributed by atoms with Gasteiger partial charge >= 0.3 is 5.97 Å². The van der Waals surface area contributed by atoms with Crippen LogP contribution in [0.15, 0.2) is 81.8 Å². The number of aromatic nitrogens is 2. The Bertz CT molecular complexity index is 2240. The molecule has 0 fully saturated rings. The third-order valence-corrected chi connectivity index (χ3v) is 10.3. The van der Waals surface area contributed by atoms with Gasteiger partial charge in [-0.2, -0.15) is 0 Å². The minimum Gasteiger partial charge on any atom is -0.469 e. The Morgan fingerprint density at radius 1 is 1.00 bits per heavy atom. The van der Waals surface area contributed by atoms with Crippen LogP contribution in [0.3, 0.4) is 0 Å². The number of amides is 2. The van der Waals surface area contributed by atoms with Crippen molar-refractivity contribution in [3.8, 4) is 28.5 Å². The van der Waals surface area contributed by atoms with Gasteiger partial charge in [-0.25, -0.2) is 14.8 Å². The summed E-state index contributed by atoms with van der Waals surface area (Å²) in [6.07, 6.45) is -0.717. The highest BCUT2D eigenvalue weighted by atomic mass is 16.5. The largest absolute Gasteiger partial charge is 0.469 e. The van der Waals surface area contributed by atoms with Crippen LogP contribution in [0.2, 0.25) is 0 Å². The lowest BCUT2D eigenvalue weighted by molar-refractivity contribution is -0.135. The molecule has 2 aromatic heterocycles. The Kier molecular flexibility index (Phi) is 8.33. The van der Waals surface area contributed by atoms with Crippen molar-refractivity contribution < 1.29 is 37.8 Å². The van der Waals surface area contributed by atoms with Crippen LogP contribution in [-0.2, 0) is 26.2 Å². The SMILES string of the molecule is COC(=O)c1coc(-c2nc3oc2C24c5cc(ccc5OC2Nc2c(-c5ccccc5)cccc24)CC(NC(=O)[C@@H](O)C(C)C)C(=O)NC3C(C)C)n1. The van der Waals surface area contributed by atoms with Crippen molar-refractivity contribution in [2.45, 2.75) is 63.9 Å². The standard InChI is InChI=1S/C40H39N5O8/c1-19(2)29-37-44-31(36-42-27(18-51-36)38(49)50-5)33(53-37)40-24-13-9-12-23(22-10-7-6-8-11-22)30(24)45-39(40)52-28-15-14-21(16-25(28)40)17-26(34(47)43-29)41-35(48)32(46)20(3)4/h6-16,18-20,26,29,32,39,45-46H,17H2,1-5H3,(H,41,48)(H,43,47)/t26?,29?,32-,39?,40?/m0/s1. The number of esters is 1. The number of oxazole rings is 2. The topological polar surface area (TPSA) is 178 Å². The summed E-state index contributed by atoms with van der Waals surface area (Å²) in [5.41, 5.74) is 4.06. The highest BCUT2D eigenvalue weighted by Gasteiger charge is 2.61. The van der Waals surface area contributed by atoms with E-state index in [2.05, 4.69) is 20.9 Å². The number of hydrogen-bond donors (Lipinski definition) is 4. The number of rotatable bonds is 7. The van der Waals surface area contributed by atoms with Gasteiger partial charge in [0.15, 0.2) is 23.4 Å². The van der Waals surface area contributed by atoms with E-state index < -0.39 is 47.6 Å². The second kappa shape index (κ2) is 12.9. The van der Waals surface area contributed by atoms with Gasteiger partial charge in [-0.3, -0.25) is 9.59 Å². The second-order valence-electron chi connectivity index (χ2n) is 14.3. The van der Waals surface area contributed by atoms with Gasteiger partial charge in [-0.1, -0.05) is 88.4 Å². The fourth-order valence-electron chi connectivity index (χ4n) is 7.52. The summed E-state index contributed by atoms with van der Waals surface area (Å²) < 4.78 is 24.5. The second-order valence-corrected chi connectivity index (χ2v) is 14.3. The van der Waals surface area contributed by atoms with Gasteiger partial charge in [0, 0.05) is 28.8 Å². The number of ether oxygens (including phenoxy) is 2. The normalized spacial score (nSPS) is 21.7. The van der Waals surface area contributed by atoms with Crippen molar-refractivity contribution in [3.63, 3.8) is 0 Å². The molecular weight excluding hydrogens is 678 g/mol. The van der Waals surface area contributed by atoms with Crippen molar-refractivity contribution in [2.24, 2.45) is 11.8 Å². The maximum atomic E-state index is 14.1. The molecule has 4 bridgehead atoms. The number of para-hydroxylation sites is 1. The first-order valence-electron chi connectivity index (χ1n) is 17.6. The third kappa shape index (κ3) is 5.45. The number of nitrogens with one attached hydrogen (secondary N) is 3. The van der Waals surface area contributed by atoms with Crippen molar-refractivity contribution in [1.29, 1.82) is 0 Å². The van der Waals surface area contributed by atoms with E-state index in [-0.39, 0.29) is 41.4 Å². The summed E-state index contributed by atoms with van der Waals surface area (Å²) in [4.78, 5) is 49.3. The predicted octanol–water partition coefficient (Wildman–Crippen LogP) is 5.13. The fourth-order valence-corrected chi connectivity index (χ4v) is 7.52. The molecule has 1 spiro atoms. The molecule has 272 valence electrons. The highest BCUT2D eigenvalue weighted by molar-refractivity contribution is 5.91. The van der Waals surface area contributed by atoms with Crippen LogP contribution in [0.1, 0.15) is 72.6 Å². The summed E-state index contributed by atoms with van der Waals surface area (Å²) in [5, 5.41) is 20.1. The first-order chi connectivity index (χ1) is 25.5. The van der Waals surface area contributed by atoms with Crippen molar-refractivity contribution in [2.75, 3.05) is 12.4 Å². The molecule has 5 heterocycles. The highest BCUT2D eigenvalue weighted by Crippen LogP contribution is 2.60. The zero-order chi connectivity index (χ0) is 37.2. The van der Waals surface area contributed by atoms with Gasteiger partial charge in [0.2, 0.25) is 23.6 Å². The molecular formula is C40H39N5O8. The number of carbonyl (C=O) groups excluding carboxylic acids is 3. The van der Waals surface area contributed by atoms with E-state index in [1.807, 2.05) is 80.6 Å². The number of aliphatic hydroxyl groups is 1. The maximum Gasteiger partial charge on any atom is 0.360 e. The average molecular weight is 718 g/mol. The number of fused-ring (bicyclic) bond motifs is 4. The molecule has 0 saturated carbocycles. The summed E-state index contributed by atoms with van der Waals surface area (Å²) in [5.74, 6) is -1.33. The van der Waals surface area contributed by atoms with Gasteiger partial charge in [-0.15, -0.1) is 0 Å². The number of anilines is 1. The van der Waals surface area contributed by atoms with E-state index in [0.717, 1.165) is 33.5 Å². The summed E-state index contributed by atoms with van der Waals surface area (Å²) in [7, 11) is 1.26. The first kappa shape index (κ1) is 34.2. The van der Waals surface area contributed by atoms with E-state index >= 15 is 0 Å². The maximum absolute atomic E-state index is 14.1. The van der Waals surface area contributed by atoms with Crippen LogP contribution < -0.4 is 20.7 Å². The van der Waals surface area contributed by atoms with E-state index in [0.29, 0.717) is 11.5 Å². The molecule has 2 amide bonds. The number of benzene rings is 3. The molecule has 13 nitrogen and oxygen atoms in total. The molecule has 3 aliphatic rings. The molecule has 5 aromatic rings. The molecule has 0 aliphatic carbocycles. The minimum atomic E-state index is -1.31. The van der Waals surface area contributed by atoms with E-state index in [1.165, 1.54) is 13.4 Å². The van der Waals surface area contributed by atoms with Crippen molar-refractivity contribution >= 4 is 23.5 Å². The average Bonchev–Trinajstić information content (AvgIpc) is 3.94. The predicted molar refractivity (Wildman–Crippen MR) is 192 cm³/mol. The molecule has 4 unspecified atom stereocenters. The fraction of sp³-hybridized carbons (Fsp3) is 0.325. The van der Waals surface area contributed by atoms with Crippen LogP contribution in [0.25, 0.3) is 22.7 Å². The third-order valence-electron chi connectivity index (χ3n) is 10.3. The van der Waals surface area contributed by atoms with Gasteiger partial charge < -0.3 is 39.4 Å². The quantitative estimate of drug-likeness (QED) is 0.164. The molecule has 8 rings (SSSR count). The lowest BCUT2D eigenvalue weighted by Crippen LogP contribution is -2.52. The van der Waals surface area contributed by atoms with E-state index in [1.54, 1.807) is 13.8 Å². The van der Waals surface area contributed by atoms with Gasteiger partial charge in [-0.05, 0) is 29.0 Å². The number of hydrogen-bond acceptors (Lipinski definition) is 11. The van der Waals surface area contributed by atoms with Gasteiger partial charge in [0.05, 0.1) is 7.11 Å². The van der Waals surface area contributed by atoms with Crippen molar-refractivity contribution in [1.82, 2.24) is 20.6 Å². The van der Waals surface area contributed by atoms with Crippen LogP contribution in [0.4, 0.5) is 5.69 Å². The summed E-state index contributed by atoms with van der Waals surface area (Å²) in [6, 6.07) is 19.9. The zero-order valence-corrected chi connectivity index (χ0v) is 29.8. The summed E-state index contributed by atoms with van der Waals surface area (Å²) in [6.45, 7) is 7.28. The van der Waals surface area contributed by atoms with Crippen molar-refractivity contribution in [3.05, 3.63) is 107 Å². The number of methoxy groups -OCH3 is 1. The van der Waals surface area contributed by atoms with Gasteiger partial charge in [0.25, 0.3) is 0 Å². The van der Waals surface area contributed by atoms with E-state index in [9.17, 15) is 19.5 Å². The van der Waals surface area contributed by atoms with E-state index in [4.69, 9.17) is 23.3 Å². The monoisotopic (exact) mass is 717 g/mol. The zero-order valence-electron chi connectivity index (χ0n) is 29.8. The molecule has 4 N–H and O–H groups in total. The molecule has 0 saturated heterocycles. The molecule has 5 atom stereocenters. The minimum absolute atomic E-state index is 0.0114. The molecule has 3 aromatic carbocycles. The Morgan fingerprint density at radius 3 is 2.53 bits per heavy atom. The van der Waals surface area contributed by atoms with Crippen LogP contribution >= 0.6 is 0 Å². The Morgan fingerprint density at radius 2 is 1.79 bits per heavy atom. The van der Waals surface area contributed by atoms with Gasteiger partial charge in [0.1, 0.15) is 35.6 Å². The smallest absolute Gasteiger partial charge is 0.360 e. The Labute approximate surface area is 305 Å². The molecule has 53 heavy (non-hydrogen) atoms. The Hall–Kier alpha value is -5.95. The van der Waals surface area contributed by atoms with Crippen LogP contribution in [-0.4, -0.2) is 58.3 Å². The van der Waals surface area contributed by atoms with Crippen LogP contribution in [0.5, 0.6) is 5.75 Å².